The molecule has 0 spiro atoms. The number of anilines is 1. The van der Waals surface area contributed by atoms with Crippen LogP contribution in [-0.4, -0.2) is 48.8 Å². The minimum absolute atomic E-state index is 0. The third kappa shape index (κ3) is 6.00. The van der Waals surface area contributed by atoms with Crippen LogP contribution >= 0.6 is 12.4 Å². The maximum absolute atomic E-state index is 12.6. The minimum atomic E-state index is -3.75. The van der Waals surface area contributed by atoms with E-state index in [0.29, 0.717) is 0 Å². The van der Waals surface area contributed by atoms with Gasteiger partial charge in [-0.3, -0.25) is 4.72 Å². The topological polar surface area (TPSA) is 114 Å². The van der Waals surface area contributed by atoms with E-state index in [-0.39, 0.29) is 40.5 Å². The monoisotopic (exact) mass is 413 g/mol. The quantitative estimate of drug-likeness (QED) is 0.612. The summed E-state index contributed by atoms with van der Waals surface area (Å²) in [5, 5.41) is 3.17. The molecule has 0 bridgehead atoms. The van der Waals surface area contributed by atoms with Gasteiger partial charge in [0, 0.05) is 12.1 Å². The molecule has 3 N–H and O–H groups in total. The van der Waals surface area contributed by atoms with Gasteiger partial charge in [-0.05, 0) is 45.0 Å². The summed E-state index contributed by atoms with van der Waals surface area (Å²) in [6.45, 7) is 3.05. The van der Waals surface area contributed by atoms with E-state index in [1.54, 1.807) is 0 Å². The van der Waals surface area contributed by atoms with Crippen LogP contribution in [0.4, 0.5) is 5.69 Å². The first-order chi connectivity index (χ1) is 11.3. The summed E-state index contributed by atoms with van der Waals surface area (Å²) in [5.74, 6) is 0.0137. The van der Waals surface area contributed by atoms with Crippen molar-refractivity contribution in [2.75, 3.05) is 30.7 Å². The van der Waals surface area contributed by atoms with Crippen LogP contribution in [0.5, 0.6) is 5.75 Å². The fourth-order valence-corrected chi connectivity index (χ4v) is 4.51. The molecule has 144 valence electrons. The smallest absolute Gasteiger partial charge is 0.244 e. The molecule has 0 unspecified atom stereocenters. The van der Waals surface area contributed by atoms with Crippen LogP contribution in [0.3, 0.4) is 0 Å². The summed E-state index contributed by atoms with van der Waals surface area (Å²) in [6.07, 6.45) is 1.44. The Kier molecular flexibility index (Phi) is 7.94. The predicted molar refractivity (Wildman–Crippen MR) is 99.5 cm³/mol. The molecular formula is C14H24ClN3O5S2. The zero-order valence-electron chi connectivity index (χ0n) is 14.1. The van der Waals surface area contributed by atoms with Crippen molar-refractivity contribution in [3.8, 4) is 5.75 Å². The standard InChI is InChI=1S/C14H23N3O5S2.ClH/c1-3-23(18,19)16-12-4-5-14(13(10-12)22-2)24(20,21)17-11-6-8-15-9-7-11;/h4-5,10-11,15-17H,3,6-9H2,1-2H3;1H. The number of hydrogen-bond acceptors (Lipinski definition) is 6. The Morgan fingerprint density at radius 2 is 1.84 bits per heavy atom. The maximum Gasteiger partial charge on any atom is 0.244 e. The first kappa shape index (κ1) is 22.0. The number of rotatable bonds is 7. The highest BCUT2D eigenvalue weighted by Gasteiger charge is 2.25. The molecule has 25 heavy (non-hydrogen) atoms. The molecule has 1 aliphatic heterocycles. The Labute approximate surface area is 155 Å². The molecule has 1 aliphatic rings. The number of hydrogen-bond donors (Lipinski definition) is 3. The summed E-state index contributed by atoms with van der Waals surface area (Å²) in [7, 11) is -5.85. The highest BCUT2D eigenvalue weighted by atomic mass is 35.5. The minimum Gasteiger partial charge on any atom is -0.495 e. The van der Waals surface area contributed by atoms with Gasteiger partial charge < -0.3 is 10.1 Å². The van der Waals surface area contributed by atoms with Crippen LogP contribution in [0.25, 0.3) is 0 Å². The van der Waals surface area contributed by atoms with E-state index in [1.807, 2.05) is 0 Å². The molecule has 1 fully saturated rings. The number of sulfonamides is 2. The van der Waals surface area contributed by atoms with Crippen LogP contribution in [0, 0.1) is 0 Å². The Balaban J connectivity index is 0.00000312. The fraction of sp³-hybridized carbons (Fsp3) is 0.571. The van der Waals surface area contributed by atoms with Gasteiger partial charge in [-0.15, -0.1) is 12.4 Å². The molecule has 1 heterocycles. The van der Waals surface area contributed by atoms with Crippen molar-refractivity contribution in [2.45, 2.75) is 30.7 Å². The van der Waals surface area contributed by atoms with Crippen molar-refractivity contribution < 1.29 is 21.6 Å². The van der Waals surface area contributed by atoms with Crippen molar-refractivity contribution in [3.05, 3.63) is 18.2 Å². The lowest BCUT2D eigenvalue weighted by atomic mass is 10.1. The number of ether oxygens (including phenoxy) is 1. The van der Waals surface area contributed by atoms with E-state index in [4.69, 9.17) is 4.74 Å². The average molecular weight is 414 g/mol. The Morgan fingerprint density at radius 3 is 2.40 bits per heavy atom. The van der Waals surface area contributed by atoms with Gasteiger partial charge in [0.05, 0.1) is 18.6 Å². The van der Waals surface area contributed by atoms with Gasteiger partial charge in [0.1, 0.15) is 10.6 Å². The molecule has 0 atom stereocenters. The van der Waals surface area contributed by atoms with Gasteiger partial charge in [0.25, 0.3) is 0 Å². The van der Waals surface area contributed by atoms with Crippen LogP contribution in [0.1, 0.15) is 19.8 Å². The SMILES string of the molecule is CCS(=O)(=O)Nc1ccc(S(=O)(=O)NC2CCNCC2)c(OC)c1.Cl. The molecule has 0 amide bonds. The second-order valence-corrected chi connectivity index (χ2v) is 9.21. The lowest BCUT2D eigenvalue weighted by molar-refractivity contribution is 0.399. The van der Waals surface area contributed by atoms with Crippen LogP contribution < -0.4 is 19.5 Å². The van der Waals surface area contributed by atoms with Crippen molar-refractivity contribution in [1.29, 1.82) is 0 Å². The van der Waals surface area contributed by atoms with Gasteiger partial charge in [-0.25, -0.2) is 21.6 Å². The van der Waals surface area contributed by atoms with Gasteiger partial charge in [-0.1, -0.05) is 0 Å². The first-order valence-corrected chi connectivity index (χ1v) is 10.8. The molecule has 0 radical (unpaired) electrons. The van der Waals surface area contributed by atoms with Crippen molar-refractivity contribution in [2.24, 2.45) is 0 Å². The molecule has 8 nitrogen and oxygen atoms in total. The largest absolute Gasteiger partial charge is 0.495 e. The van der Waals surface area contributed by atoms with Crippen molar-refractivity contribution in [1.82, 2.24) is 10.0 Å². The summed E-state index contributed by atoms with van der Waals surface area (Å²) < 4.78 is 58.6. The molecule has 0 aliphatic carbocycles. The number of piperidine rings is 1. The van der Waals surface area contributed by atoms with Crippen LogP contribution in [-0.2, 0) is 20.0 Å². The molecule has 11 heteroatoms. The van der Waals surface area contributed by atoms with Gasteiger partial charge in [0.15, 0.2) is 0 Å². The summed E-state index contributed by atoms with van der Waals surface area (Å²) in [6, 6.07) is 3.99. The lowest BCUT2D eigenvalue weighted by Crippen LogP contribution is -2.42. The number of halogens is 1. The van der Waals surface area contributed by atoms with Crippen LogP contribution in [0.2, 0.25) is 0 Å². The van der Waals surface area contributed by atoms with Gasteiger partial charge in [0.2, 0.25) is 20.0 Å². The third-order valence-corrected chi connectivity index (χ3v) is 6.63. The van der Waals surface area contributed by atoms with E-state index < -0.39 is 20.0 Å². The van der Waals surface area contributed by atoms with E-state index in [1.165, 1.54) is 32.2 Å². The summed E-state index contributed by atoms with van der Waals surface area (Å²) >= 11 is 0. The number of methoxy groups -OCH3 is 1. The second kappa shape index (κ2) is 9.04. The summed E-state index contributed by atoms with van der Waals surface area (Å²) in [4.78, 5) is -0.0111. The highest BCUT2D eigenvalue weighted by Crippen LogP contribution is 2.28. The number of benzene rings is 1. The van der Waals surface area contributed by atoms with Crippen molar-refractivity contribution >= 4 is 38.1 Å². The van der Waals surface area contributed by atoms with Crippen molar-refractivity contribution in [3.63, 3.8) is 0 Å². The van der Waals surface area contributed by atoms with E-state index in [2.05, 4.69) is 14.8 Å². The molecule has 0 aromatic heterocycles. The maximum atomic E-state index is 12.6. The Morgan fingerprint density at radius 1 is 1.20 bits per heavy atom. The Hall–Kier alpha value is -1.07. The second-order valence-electron chi connectivity index (χ2n) is 5.52. The Bertz CT molecular complexity index is 778. The zero-order valence-corrected chi connectivity index (χ0v) is 16.6. The van der Waals surface area contributed by atoms with Gasteiger partial charge >= 0.3 is 0 Å². The highest BCUT2D eigenvalue weighted by molar-refractivity contribution is 7.92. The molecule has 1 aromatic rings. The van der Waals surface area contributed by atoms with E-state index in [0.717, 1.165) is 25.9 Å². The average Bonchev–Trinajstić information content (AvgIpc) is 2.54. The first-order valence-electron chi connectivity index (χ1n) is 7.69. The molecular weight excluding hydrogens is 390 g/mol. The van der Waals surface area contributed by atoms with E-state index >= 15 is 0 Å². The fourth-order valence-electron chi connectivity index (χ4n) is 2.43. The third-order valence-electron chi connectivity index (χ3n) is 3.77. The summed E-state index contributed by atoms with van der Waals surface area (Å²) in [5.41, 5.74) is 0.259. The van der Waals surface area contributed by atoms with E-state index in [9.17, 15) is 16.8 Å². The molecule has 2 rings (SSSR count). The van der Waals surface area contributed by atoms with Gasteiger partial charge in [-0.2, -0.15) is 0 Å². The number of nitrogens with one attached hydrogen (secondary N) is 3. The normalized spacial score (nSPS) is 16.1. The lowest BCUT2D eigenvalue weighted by Gasteiger charge is -2.24. The van der Waals surface area contributed by atoms with Crippen LogP contribution in [0.15, 0.2) is 23.1 Å². The zero-order chi connectivity index (χ0) is 17.8. The molecule has 0 saturated carbocycles. The molecule has 1 saturated heterocycles. The molecule has 1 aromatic carbocycles. The predicted octanol–water partition coefficient (Wildman–Crippen LogP) is 0.909.